The van der Waals surface area contributed by atoms with Crippen molar-refractivity contribution in [1.29, 1.82) is 0 Å². The summed E-state index contributed by atoms with van der Waals surface area (Å²) < 4.78 is 39.4. The topological polar surface area (TPSA) is 97.3 Å². The number of rotatable bonds is 10. The van der Waals surface area contributed by atoms with Crippen LogP contribution in [0.15, 0.2) is 94.9 Å². The van der Waals surface area contributed by atoms with Crippen LogP contribution in [0.5, 0.6) is 11.5 Å². The minimum absolute atomic E-state index is 0.0938. The Morgan fingerprint density at radius 2 is 1.80 bits per heavy atom. The van der Waals surface area contributed by atoms with Crippen molar-refractivity contribution in [3.63, 3.8) is 0 Å². The molecule has 1 amide bonds. The number of fused-ring (bicyclic) bond motifs is 1. The third-order valence-corrected chi connectivity index (χ3v) is 9.02. The molecule has 1 fully saturated rings. The third-order valence-electron chi connectivity index (χ3n) is 6.85. The van der Waals surface area contributed by atoms with Gasteiger partial charge in [-0.05, 0) is 84.1 Å². The zero-order valence-electron chi connectivity index (χ0n) is 22.5. The van der Waals surface area contributed by atoms with Gasteiger partial charge < -0.3 is 9.47 Å². The highest BCUT2D eigenvalue weighted by Gasteiger charge is 2.39. The van der Waals surface area contributed by atoms with Gasteiger partial charge in [0.25, 0.3) is 5.91 Å². The quantitative estimate of drug-likeness (QED) is 0.186. The number of carbonyl (C=O) groups excluding carboxylic acids is 1. The SMILES string of the molecule is CCOc1cc(/C=N\NC(=O)[C@H]2CCCN2S(=O)(=O)c2ccc(Cl)cc2)ccc1OCc1cccc2ccccc12. The van der Waals surface area contributed by atoms with Crippen molar-refractivity contribution in [2.75, 3.05) is 13.2 Å². The van der Waals surface area contributed by atoms with Crippen molar-refractivity contribution < 1.29 is 22.7 Å². The van der Waals surface area contributed by atoms with Crippen LogP contribution in [0, 0.1) is 0 Å². The Balaban J connectivity index is 1.25. The van der Waals surface area contributed by atoms with Crippen molar-refractivity contribution in [3.8, 4) is 11.5 Å². The van der Waals surface area contributed by atoms with E-state index in [0.717, 1.165) is 16.3 Å². The zero-order valence-corrected chi connectivity index (χ0v) is 24.1. The molecule has 0 saturated carbocycles. The monoisotopic (exact) mass is 591 g/mol. The molecule has 4 aromatic rings. The molecule has 212 valence electrons. The number of benzene rings is 4. The van der Waals surface area contributed by atoms with Gasteiger partial charge in [0.1, 0.15) is 12.6 Å². The molecular formula is C31H30ClN3O5S. The van der Waals surface area contributed by atoms with E-state index in [1.807, 2.05) is 37.3 Å². The molecule has 1 heterocycles. The lowest BCUT2D eigenvalue weighted by Gasteiger charge is -2.22. The van der Waals surface area contributed by atoms with Gasteiger partial charge in [0, 0.05) is 11.6 Å². The number of ether oxygens (including phenoxy) is 2. The number of nitrogens with zero attached hydrogens (tertiary/aromatic N) is 2. The molecule has 1 saturated heterocycles. The van der Waals surface area contributed by atoms with Crippen LogP contribution in [0.2, 0.25) is 5.02 Å². The fourth-order valence-electron chi connectivity index (χ4n) is 4.84. The molecule has 0 spiro atoms. The van der Waals surface area contributed by atoms with E-state index in [9.17, 15) is 13.2 Å². The Kier molecular flexibility index (Phi) is 8.87. The fraction of sp³-hybridized carbons (Fsp3) is 0.226. The predicted octanol–water partition coefficient (Wildman–Crippen LogP) is 5.77. The normalized spacial score (nSPS) is 15.8. The Morgan fingerprint density at radius 3 is 2.61 bits per heavy atom. The first-order valence-corrected chi connectivity index (χ1v) is 15.2. The molecule has 1 aliphatic heterocycles. The zero-order chi connectivity index (χ0) is 28.8. The Bertz CT molecular complexity index is 1670. The number of hydrogen-bond donors (Lipinski definition) is 1. The summed E-state index contributed by atoms with van der Waals surface area (Å²) in [6.45, 7) is 2.97. The van der Waals surface area contributed by atoms with Crippen LogP contribution in [-0.2, 0) is 21.4 Å². The average molecular weight is 592 g/mol. The molecule has 0 aromatic heterocycles. The van der Waals surface area contributed by atoms with Crippen molar-refractivity contribution in [3.05, 3.63) is 101 Å². The van der Waals surface area contributed by atoms with Crippen molar-refractivity contribution in [2.24, 2.45) is 5.10 Å². The number of nitrogens with one attached hydrogen (secondary N) is 1. The van der Waals surface area contributed by atoms with E-state index < -0.39 is 22.0 Å². The van der Waals surface area contributed by atoms with E-state index in [-0.39, 0.29) is 11.4 Å². The number of carbonyl (C=O) groups is 1. The van der Waals surface area contributed by atoms with E-state index in [0.29, 0.717) is 48.1 Å². The molecule has 4 aromatic carbocycles. The first-order valence-electron chi connectivity index (χ1n) is 13.3. The Labute approximate surface area is 244 Å². The van der Waals surface area contributed by atoms with Crippen LogP contribution < -0.4 is 14.9 Å². The van der Waals surface area contributed by atoms with Crippen LogP contribution in [-0.4, -0.2) is 44.0 Å². The molecule has 1 aliphatic rings. The van der Waals surface area contributed by atoms with Gasteiger partial charge in [-0.15, -0.1) is 0 Å². The van der Waals surface area contributed by atoms with Gasteiger partial charge in [-0.2, -0.15) is 9.41 Å². The van der Waals surface area contributed by atoms with Crippen LogP contribution in [0.4, 0.5) is 0 Å². The number of amides is 1. The highest BCUT2D eigenvalue weighted by Crippen LogP contribution is 2.30. The van der Waals surface area contributed by atoms with Crippen molar-refractivity contribution >= 4 is 44.5 Å². The average Bonchev–Trinajstić information content (AvgIpc) is 3.49. The molecule has 0 aliphatic carbocycles. The lowest BCUT2D eigenvalue weighted by Crippen LogP contribution is -2.44. The number of halogens is 1. The predicted molar refractivity (Wildman–Crippen MR) is 160 cm³/mol. The van der Waals surface area contributed by atoms with Gasteiger partial charge in [-0.3, -0.25) is 4.79 Å². The summed E-state index contributed by atoms with van der Waals surface area (Å²) in [5.41, 5.74) is 4.25. The second kappa shape index (κ2) is 12.7. The first kappa shape index (κ1) is 28.6. The van der Waals surface area contributed by atoms with Crippen LogP contribution in [0.3, 0.4) is 0 Å². The number of hydrazone groups is 1. The van der Waals surface area contributed by atoms with E-state index in [2.05, 4.69) is 28.7 Å². The van der Waals surface area contributed by atoms with E-state index in [1.54, 1.807) is 12.1 Å². The van der Waals surface area contributed by atoms with E-state index in [4.69, 9.17) is 21.1 Å². The molecule has 0 bridgehead atoms. The molecule has 5 rings (SSSR count). The van der Waals surface area contributed by atoms with Gasteiger partial charge >= 0.3 is 0 Å². The summed E-state index contributed by atoms with van der Waals surface area (Å²) in [4.78, 5) is 13.0. The fourth-order valence-corrected chi connectivity index (χ4v) is 6.63. The number of sulfonamides is 1. The summed E-state index contributed by atoms with van der Waals surface area (Å²) in [5.74, 6) is 0.658. The van der Waals surface area contributed by atoms with Crippen LogP contribution in [0.25, 0.3) is 10.8 Å². The van der Waals surface area contributed by atoms with Gasteiger partial charge in [0.15, 0.2) is 11.5 Å². The minimum Gasteiger partial charge on any atom is -0.490 e. The summed E-state index contributed by atoms with van der Waals surface area (Å²) in [7, 11) is -3.85. The Hall–Kier alpha value is -3.92. The van der Waals surface area contributed by atoms with Crippen LogP contribution in [0.1, 0.15) is 30.9 Å². The highest BCUT2D eigenvalue weighted by molar-refractivity contribution is 7.89. The van der Waals surface area contributed by atoms with Gasteiger partial charge in [0.05, 0.1) is 17.7 Å². The summed E-state index contributed by atoms with van der Waals surface area (Å²) in [5, 5.41) is 6.80. The first-order chi connectivity index (χ1) is 19.9. The summed E-state index contributed by atoms with van der Waals surface area (Å²) >= 11 is 5.90. The standard InChI is InChI=1S/C31H30ClN3O5S/c1-2-39-30-19-22(12-17-29(30)40-21-24-9-5-8-23-7-3-4-10-27(23)24)20-33-34-31(36)28-11-6-18-35(28)41(37,38)26-15-13-25(32)14-16-26/h3-5,7-10,12-17,19-20,28H,2,6,11,18,21H2,1H3,(H,34,36)/b33-20-/t28-/m1/s1. The molecule has 0 radical (unpaired) electrons. The second-order valence-corrected chi connectivity index (χ2v) is 11.9. The van der Waals surface area contributed by atoms with Gasteiger partial charge in [-0.25, -0.2) is 13.8 Å². The molecule has 0 unspecified atom stereocenters. The highest BCUT2D eigenvalue weighted by atomic mass is 35.5. The second-order valence-electron chi connectivity index (χ2n) is 9.53. The van der Waals surface area contributed by atoms with Crippen LogP contribution >= 0.6 is 11.6 Å². The third kappa shape index (κ3) is 6.53. The van der Waals surface area contributed by atoms with Crippen molar-refractivity contribution in [1.82, 2.24) is 9.73 Å². The smallest absolute Gasteiger partial charge is 0.258 e. The number of hydrogen-bond acceptors (Lipinski definition) is 6. The lowest BCUT2D eigenvalue weighted by atomic mass is 10.1. The van der Waals surface area contributed by atoms with E-state index >= 15 is 0 Å². The Morgan fingerprint density at radius 1 is 1.02 bits per heavy atom. The maximum Gasteiger partial charge on any atom is 0.258 e. The molecule has 8 nitrogen and oxygen atoms in total. The molecule has 10 heteroatoms. The molecule has 1 atom stereocenters. The maximum atomic E-state index is 13.1. The van der Waals surface area contributed by atoms with E-state index in [1.165, 1.54) is 34.8 Å². The summed E-state index contributed by atoms with van der Waals surface area (Å²) in [6.07, 6.45) is 2.47. The summed E-state index contributed by atoms with van der Waals surface area (Å²) in [6, 6.07) is 24.7. The minimum atomic E-state index is -3.85. The molecule has 1 N–H and O–H groups in total. The van der Waals surface area contributed by atoms with Crippen molar-refractivity contribution in [2.45, 2.75) is 37.3 Å². The molecule has 41 heavy (non-hydrogen) atoms. The van der Waals surface area contributed by atoms with Gasteiger partial charge in [0.2, 0.25) is 10.0 Å². The maximum absolute atomic E-state index is 13.1. The lowest BCUT2D eigenvalue weighted by molar-refractivity contribution is -0.124. The molecular weight excluding hydrogens is 562 g/mol. The largest absolute Gasteiger partial charge is 0.490 e. The van der Waals surface area contributed by atoms with Gasteiger partial charge in [-0.1, -0.05) is 54.1 Å².